The van der Waals surface area contributed by atoms with Crippen LogP contribution in [0.25, 0.3) is 22.3 Å². The highest BCUT2D eigenvalue weighted by atomic mass is 16.4. The van der Waals surface area contributed by atoms with Crippen LogP contribution in [0.5, 0.6) is 0 Å². The first kappa shape index (κ1) is 17.3. The van der Waals surface area contributed by atoms with Crippen molar-refractivity contribution in [2.24, 2.45) is 5.16 Å². The lowest BCUT2D eigenvalue weighted by Gasteiger charge is -2.15. The van der Waals surface area contributed by atoms with Crippen molar-refractivity contribution in [2.75, 3.05) is 0 Å². The maximum absolute atomic E-state index is 9.68. The first-order chi connectivity index (χ1) is 14.3. The molecule has 1 aliphatic carbocycles. The lowest BCUT2D eigenvalue weighted by molar-refractivity contribution is 0.317. The normalized spacial score (nSPS) is 15.0. The second kappa shape index (κ2) is 7.28. The molecule has 1 unspecified atom stereocenters. The molecule has 5 nitrogen and oxygen atoms in total. The Hall–Kier alpha value is -3.86. The van der Waals surface area contributed by atoms with Gasteiger partial charge in [0.05, 0.1) is 5.71 Å². The molecule has 1 atom stereocenters. The fourth-order valence-corrected chi connectivity index (χ4v) is 4.11. The Morgan fingerprint density at radius 3 is 2.38 bits per heavy atom. The van der Waals surface area contributed by atoms with E-state index in [2.05, 4.69) is 62.6 Å². The van der Waals surface area contributed by atoms with Gasteiger partial charge in [-0.05, 0) is 46.0 Å². The number of fused-ring (bicyclic) bond motifs is 3. The van der Waals surface area contributed by atoms with Crippen LogP contribution in [-0.2, 0) is 0 Å². The summed E-state index contributed by atoms with van der Waals surface area (Å²) >= 11 is 0. The zero-order chi connectivity index (χ0) is 19.6. The van der Waals surface area contributed by atoms with Crippen molar-refractivity contribution in [2.45, 2.75) is 12.3 Å². The largest absolute Gasteiger partial charge is 0.411 e. The third kappa shape index (κ3) is 3.06. The average molecular weight is 378 g/mol. The van der Waals surface area contributed by atoms with E-state index in [4.69, 9.17) is 0 Å². The monoisotopic (exact) mass is 378 g/mol. The number of pyridine rings is 1. The quantitative estimate of drug-likeness (QED) is 0.311. The molecule has 0 bridgehead atoms. The zero-order valence-electron chi connectivity index (χ0n) is 15.6. The Labute approximate surface area is 168 Å². The van der Waals surface area contributed by atoms with Gasteiger partial charge in [0.25, 0.3) is 0 Å². The lowest BCUT2D eigenvalue weighted by atomic mass is 9.89. The summed E-state index contributed by atoms with van der Waals surface area (Å²) in [7, 11) is 0. The Kier molecular flexibility index (Phi) is 4.33. The number of benzene rings is 2. The van der Waals surface area contributed by atoms with Gasteiger partial charge >= 0.3 is 0 Å². The van der Waals surface area contributed by atoms with E-state index in [1.165, 1.54) is 28.6 Å². The first-order valence-electron chi connectivity index (χ1n) is 9.45. The van der Waals surface area contributed by atoms with Gasteiger partial charge in [0, 0.05) is 48.3 Å². The highest BCUT2D eigenvalue weighted by Gasteiger charge is 2.30. The molecule has 0 radical (unpaired) electrons. The van der Waals surface area contributed by atoms with Crippen LogP contribution in [0.3, 0.4) is 0 Å². The van der Waals surface area contributed by atoms with E-state index >= 15 is 0 Å². The molecule has 2 aromatic heterocycles. The van der Waals surface area contributed by atoms with Gasteiger partial charge in [-0.3, -0.25) is 4.98 Å². The van der Waals surface area contributed by atoms with Crippen LogP contribution in [0.1, 0.15) is 29.0 Å². The minimum Gasteiger partial charge on any atom is -0.411 e. The standard InChI is InChI=1S/C24H18N4O/c29-28-24(16-7-9-25-10-8-16)12-23-20-4-2-1-3-19(20)22-11-17(5-6-21(22)23)18-13-26-15-27-14-18/h1-11,13-15,23,29H,12H2/b28-24+. The smallest absolute Gasteiger partial charge is 0.115 e. The summed E-state index contributed by atoms with van der Waals surface area (Å²) in [6.07, 6.45) is 9.23. The minimum absolute atomic E-state index is 0.126. The molecule has 140 valence electrons. The van der Waals surface area contributed by atoms with E-state index in [-0.39, 0.29) is 5.92 Å². The van der Waals surface area contributed by atoms with Crippen molar-refractivity contribution in [3.05, 3.63) is 102 Å². The highest BCUT2D eigenvalue weighted by molar-refractivity contribution is 6.01. The molecule has 0 spiro atoms. The Morgan fingerprint density at radius 2 is 1.59 bits per heavy atom. The van der Waals surface area contributed by atoms with Crippen LogP contribution in [0.4, 0.5) is 0 Å². The third-order valence-corrected chi connectivity index (χ3v) is 5.48. The molecular formula is C24H18N4O. The number of hydrogen-bond donors (Lipinski definition) is 1. The summed E-state index contributed by atoms with van der Waals surface area (Å²) in [5, 5.41) is 13.3. The summed E-state index contributed by atoms with van der Waals surface area (Å²) in [5.41, 5.74) is 8.53. The molecule has 2 aromatic carbocycles. The van der Waals surface area contributed by atoms with Crippen LogP contribution < -0.4 is 0 Å². The third-order valence-electron chi connectivity index (χ3n) is 5.48. The van der Waals surface area contributed by atoms with Crippen LogP contribution in [0, 0.1) is 0 Å². The molecule has 5 rings (SSSR count). The Morgan fingerprint density at radius 1 is 0.828 bits per heavy atom. The molecule has 29 heavy (non-hydrogen) atoms. The molecule has 0 saturated heterocycles. The molecule has 0 saturated carbocycles. The van der Waals surface area contributed by atoms with Crippen LogP contribution >= 0.6 is 0 Å². The predicted octanol–water partition coefficient (Wildman–Crippen LogP) is 4.92. The van der Waals surface area contributed by atoms with Gasteiger partial charge in [0.15, 0.2) is 0 Å². The van der Waals surface area contributed by atoms with Gasteiger partial charge in [0.2, 0.25) is 0 Å². The second-order valence-corrected chi connectivity index (χ2v) is 7.06. The summed E-state index contributed by atoms with van der Waals surface area (Å²) in [6.45, 7) is 0. The average Bonchev–Trinajstić information content (AvgIpc) is 3.11. The maximum atomic E-state index is 9.68. The number of nitrogens with zero attached hydrogens (tertiary/aromatic N) is 4. The SMILES string of the molecule is O/N=C(\CC1c2ccccc2-c2cc(-c3cncnc3)ccc21)c1ccncc1. The summed E-state index contributed by atoms with van der Waals surface area (Å²) in [6, 6.07) is 18.7. The molecule has 0 fully saturated rings. The molecule has 0 aliphatic heterocycles. The summed E-state index contributed by atoms with van der Waals surface area (Å²) < 4.78 is 0. The Balaban J connectivity index is 1.59. The van der Waals surface area contributed by atoms with Gasteiger partial charge in [0.1, 0.15) is 6.33 Å². The Bertz CT molecular complexity index is 1190. The van der Waals surface area contributed by atoms with E-state index in [0.29, 0.717) is 12.1 Å². The van der Waals surface area contributed by atoms with Gasteiger partial charge in [-0.15, -0.1) is 0 Å². The molecule has 2 heterocycles. The van der Waals surface area contributed by atoms with Gasteiger partial charge < -0.3 is 5.21 Å². The molecule has 0 amide bonds. The molecule has 1 N–H and O–H groups in total. The van der Waals surface area contributed by atoms with Crippen molar-refractivity contribution >= 4 is 5.71 Å². The highest BCUT2D eigenvalue weighted by Crippen LogP contribution is 2.47. The molecule has 1 aliphatic rings. The maximum Gasteiger partial charge on any atom is 0.115 e. The number of hydrogen-bond acceptors (Lipinski definition) is 5. The van der Waals surface area contributed by atoms with E-state index in [9.17, 15) is 5.21 Å². The van der Waals surface area contributed by atoms with Gasteiger partial charge in [-0.1, -0.05) is 41.6 Å². The topological polar surface area (TPSA) is 71.3 Å². The van der Waals surface area contributed by atoms with Crippen LogP contribution in [0.15, 0.2) is 90.9 Å². The van der Waals surface area contributed by atoms with Crippen molar-refractivity contribution in [1.82, 2.24) is 15.0 Å². The number of rotatable bonds is 4. The van der Waals surface area contributed by atoms with E-state index in [1.807, 2.05) is 24.5 Å². The predicted molar refractivity (Wildman–Crippen MR) is 112 cm³/mol. The van der Waals surface area contributed by atoms with Crippen molar-refractivity contribution in [3.8, 4) is 22.3 Å². The lowest BCUT2D eigenvalue weighted by Crippen LogP contribution is -2.08. The van der Waals surface area contributed by atoms with Crippen molar-refractivity contribution in [1.29, 1.82) is 0 Å². The fraction of sp³-hybridized carbons (Fsp3) is 0.0833. The molecule has 4 aromatic rings. The molecule has 5 heteroatoms. The minimum atomic E-state index is 0.126. The van der Waals surface area contributed by atoms with Crippen LogP contribution in [-0.4, -0.2) is 25.9 Å². The second-order valence-electron chi connectivity index (χ2n) is 7.06. The van der Waals surface area contributed by atoms with Crippen molar-refractivity contribution < 1.29 is 5.21 Å². The number of oxime groups is 1. The first-order valence-corrected chi connectivity index (χ1v) is 9.45. The van der Waals surface area contributed by atoms with E-state index < -0.39 is 0 Å². The fourth-order valence-electron chi connectivity index (χ4n) is 4.11. The number of aromatic nitrogens is 3. The van der Waals surface area contributed by atoms with E-state index in [0.717, 1.165) is 16.7 Å². The summed E-state index contributed by atoms with van der Waals surface area (Å²) in [4.78, 5) is 12.3. The van der Waals surface area contributed by atoms with Gasteiger partial charge in [-0.25, -0.2) is 9.97 Å². The van der Waals surface area contributed by atoms with Crippen LogP contribution in [0.2, 0.25) is 0 Å². The summed E-state index contributed by atoms with van der Waals surface area (Å²) in [5.74, 6) is 0.126. The van der Waals surface area contributed by atoms with Gasteiger partial charge in [-0.2, -0.15) is 0 Å². The van der Waals surface area contributed by atoms with Crippen molar-refractivity contribution in [3.63, 3.8) is 0 Å². The van der Waals surface area contributed by atoms with E-state index in [1.54, 1.807) is 12.4 Å². The zero-order valence-corrected chi connectivity index (χ0v) is 15.6. The molecular weight excluding hydrogens is 360 g/mol.